The summed E-state index contributed by atoms with van der Waals surface area (Å²) in [5.41, 5.74) is 1.25. The average Bonchev–Trinajstić information content (AvgIpc) is 2.53. The lowest BCUT2D eigenvalue weighted by molar-refractivity contribution is 0.758. The van der Waals surface area contributed by atoms with E-state index in [2.05, 4.69) is 65.3 Å². The van der Waals surface area contributed by atoms with Crippen LogP contribution >= 0.6 is 0 Å². The highest BCUT2D eigenvalue weighted by molar-refractivity contribution is 5.49. The van der Waals surface area contributed by atoms with Gasteiger partial charge in [-0.1, -0.05) is 43.7 Å². The van der Waals surface area contributed by atoms with Crippen molar-refractivity contribution in [1.29, 1.82) is 0 Å². The molecule has 1 aromatic carbocycles. The van der Waals surface area contributed by atoms with Gasteiger partial charge in [0.15, 0.2) is 0 Å². The third-order valence-electron chi connectivity index (χ3n) is 3.55. The SMILES string of the molecule is CCCCN(C)c1cc(NC(C)c2ccccc2)ncn1. The van der Waals surface area contributed by atoms with Gasteiger partial charge < -0.3 is 10.2 Å². The number of nitrogens with one attached hydrogen (secondary N) is 1. The van der Waals surface area contributed by atoms with Crippen LogP contribution in [0.5, 0.6) is 0 Å². The summed E-state index contributed by atoms with van der Waals surface area (Å²) in [5, 5.41) is 3.43. The number of nitrogens with zero attached hydrogens (tertiary/aromatic N) is 3. The monoisotopic (exact) mass is 284 g/mol. The molecular weight excluding hydrogens is 260 g/mol. The molecule has 1 heterocycles. The highest BCUT2D eigenvalue weighted by Gasteiger charge is 2.08. The number of unbranched alkanes of at least 4 members (excludes halogenated alkanes) is 1. The Balaban J connectivity index is 2.04. The van der Waals surface area contributed by atoms with Crippen molar-refractivity contribution in [1.82, 2.24) is 9.97 Å². The highest BCUT2D eigenvalue weighted by atomic mass is 15.2. The van der Waals surface area contributed by atoms with E-state index in [1.54, 1.807) is 6.33 Å². The molecule has 21 heavy (non-hydrogen) atoms. The van der Waals surface area contributed by atoms with E-state index in [4.69, 9.17) is 0 Å². The van der Waals surface area contributed by atoms with E-state index in [9.17, 15) is 0 Å². The predicted molar refractivity (Wildman–Crippen MR) is 88.7 cm³/mol. The standard InChI is InChI=1S/C17H24N4/c1-4-5-11-21(3)17-12-16(18-13-19-17)20-14(2)15-9-7-6-8-10-15/h6-10,12-14H,4-5,11H2,1-3H3,(H,18,19,20). The van der Waals surface area contributed by atoms with E-state index in [1.807, 2.05) is 12.1 Å². The number of hydrogen-bond acceptors (Lipinski definition) is 4. The molecule has 0 radical (unpaired) electrons. The largest absolute Gasteiger partial charge is 0.363 e. The first-order valence-electron chi connectivity index (χ1n) is 7.55. The third-order valence-corrected chi connectivity index (χ3v) is 3.55. The number of benzene rings is 1. The van der Waals surface area contributed by atoms with Crippen LogP contribution in [0.25, 0.3) is 0 Å². The van der Waals surface area contributed by atoms with E-state index >= 15 is 0 Å². The van der Waals surface area contributed by atoms with Crippen molar-refractivity contribution < 1.29 is 0 Å². The van der Waals surface area contributed by atoms with Crippen molar-refractivity contribution in [3.63, 3.8) is 0 Å². The van der Waals surface area contributed by atoms with Gasteiger partial charge in [-0.25, -0.2) is 9.97 Å². The smallest absolute Gasteiger partial charge is 0.133 e. The van der Waals surface area contributed by atoms with Crippen LogP contribution in [0.1, 0.15) is 38.3 Å². The summed E-state index contributed by atoms with van der Waals surface area (Å²) in [6, 6.07) is 12.6. The lowest BCUT2D eigenvalue weighted by Crippen LogP contribution is -2.20. The fourth-order valence-electron chi connectivity index (χ4n) is 2.19. The Hall–Kier alpha value is -2.10. The second-order valence-corrected chi connectivity index (χ2v) is 5.31. The van der Waals surface area contributed by atoms with Crippen molar-refractivity contribution in [2.24, 2.45) is 0 Å². The normalized spacial score (nSPS) is 12.0. The van der Waals surface area contributed by atoms with Crippen molar-refractivity contribution in [3.8, 4) is 0 Å². The van der Waals surface area contributed by atoms with Crippen LogP contribution in [0, 0.1) is 0 Å². The molecule has 1 atom stereocenters. The zero-order valence-corrected chi connectivity index (χ0v) is 13.1. The minimum atomic E-state index is 0.217. The van der Waals surface area contributed by atoms with E-state index in [0.717, 1.165) is 18.2 Å². The number of rotatable bonds is 7. The second-order valence-electron chi connectivity index (χ2n) is 5.31. The molecule has 0 aliphatic heterocycles. The lowest BCUT2D eigenvalue weighted by Gasteiger charge is -2.19. The Kier molecular flexibility index (Phi) is 5.55. The number of aromatic nitrogens is 2. The molecule has 0 spiro atoms. The molecule has 0 bridgehead atoms. The summed E-state index contributed by atoms with van der Waals surface area (Å²) in [4.78, 5) is 10.8. The molecule has 0 aliphatic rings. The fourth-order valence-corrected chi connectivity index (χ4v) is 2.19. The molecule has 0 aliphatic carbocycles. The Morgan fingerprint density at radius 2 is 1.95 bits per heavy atom. The molecule has 0 saturated carbocycles. The average molecular weight is 284 g/mol. The summed E-state index contributed by atoms with van der Waals surface area (Å²) in [6.45, 7) is 5.35. The van der Waals surface area contributed by atoms with Gasteiger partial charge in [0.2, 0.25) is 0 Å². The van der Waals surface area contributed by atoms with E-state index in [-0.39, 0.29) is 6.04 Å². The van der Waals surface area contributed by atoms with E-state index < -0.39 is 0 Å². The molecule has 0 fully saturated rings. The molecule has 112 valence electrons. The molecule has 1 aromatic heterocycles. The summed E-state index contributed by atoms with van der Waals surface area (Å²) < 4.78 is 0. The van der Waals surface area contributed by atoms with Gasteiger partial charge in [-0.15, -0.1) is 0 Å². The number of anilines is 2. The topological polar surface area (TPSA) is 41.0 Å². The van der Waals surface area contributed by atoms with E-state index in [1.165, 1.54) is 18.4 Å². The molecule has 4 nitrogen and oxygen atoms in total. The van der Waals surface area contributed by atoms with Crippen molar-refractivity contribution in [3.05, 3.63) is 48.3 Å². The zero-order chi connectivity index (χ0) is 15.1. The Morgan fingerprint density at radius 3 is 2.67 bits per heavy atom. The maximum Gasteiger partial charge on any atom is 0.133 e. The first-order valence-corrected chi connectivity index (χ1v) is 7.55. The summed E-state index contributed by atoms with van der Waals surface area (Å²) in [6.07, 6.45) is 3.98. The van der Waals surface area contributed by atoms with Gasteiger partial charge in [-0.2, -0.15) is 0 Å². The van der Waals surface area contributed by atoms with Crippen LogP contribution < -0.4 is 10.2 Å². The second kappa shape index (κ2) is 7.62. The molecule has 1 N–H and O–H groups in total. The lowest BCUT2D eigenvalue weighted by atomic mass is 10.1. The van der Waals surface area contributed by atoms with Crippen molar-refractivity contribution in [2.75, 3.05) is 23.8 Å². The van der Waals surface area contributed by atoms with Crippen LogP contribution in [0.3, 0.4) is 0 Å². The van der Waals surface area contributed by atoms with Gasteiger partial charge in [-0.05, 0) is 18.9 Å². The maximum atomic E-state index is 4.35. The Morgan fingerprint density at radius 1 is 1.19 bits per heavy atom. The van der Waals surface area contributed by atoms with Gasteiger partial charge in [0.1, 0.15) is 18.0 Å². The van der Waals surface area contributed by atoms with Gasteiger partial charge >= 0.3 is 0 Å². The van der Waals surface area contributed by atoms with E-state index in [0.29, 0.717) is 0 Å². The zero-order valence-electron chi connectivity index (χ0n) is 13.1. The molecule has 1 unspecified atom stereocenters. The van der Waals surface area contributed by atoms with Crippen LogP contribution in [-0.4, -0.2) is 23.6 Å². The highest BCUT2D eigenvalue weighted by Crippen LogP contribution is 2.19. The maximum absolute atomic E-state index is 4.35. The van der Waals surface area contributed by atoms with Gasteiger partial charge in [0, 0.05) is 25.7 Å². The quantitative estimate of drug-likeness (QED) is 0.837. The molecular formula is C17H24N4. The van der Waals surface area contributed by atoms with Crippen LogP contribution in [0.2, 0.25) is 0 Å². The Labute approximate surface area is 127 Å². The molecule has 0 saturated heterocycles. The number of hydrogen-bond donors (Lipinski definition) is 1. The molecule has 2 rings (SSSR count). The molecule has 4 heteroatoms. The minimum Gasteiger partial charge on any atom is -0.363 e. The predicted octanol–water partition coefficient (Wildman–Crippen LogP) is 3.89. The van der Waals surface area contributed by atoms with Crippen LogP contribution in [-0.2, 0) is 0 Å². The summed E-state index contributed by atoms with van der Waals surface area (Å²) >= 11 is 0. The fraction of sp³-hybridized carbons (Fsp3) is 0.412. The molecule has 2 aromatic rings. The van der Waals surface area contributed by atoms with Gasteiger partial charge in [0.25, 0.3) is 0 Å². The van der Waals surface area contributed by atoms with Gasteiger partial charge in [0.05, 0.1) is 0 Å². The Bertz CT molecular complexity index is 541. The summed E-state index contributed by atoms with van der Waals surface area (Å²) in [7, 11) is 2.07. The minimum absolute atomic E-state index is 0.217. The summed E-state index contributed by atoms with van der Waals surface area (Å²) in [5.74, 6) is 1.82. The first kappa shape index (κ1) is 15.3. The van der Waals surface area contributed by atoms with Crippen LogP contribution in [0.15, 0.2) is 42.7 Å². The van der Waals surface area contributed by atoms with Crippen molar-refractivity contribution in [2.45, 2.75) is 32.7 Å². The van der Waals surface area contributed by atoms with Crippen LogP contribution in [0.4, 0.5) is 11.6 Å². The first-order chi connectivity index (χ1) is 10.2. The molecule has 0 amide bonds. The van der Waals surface area contributed by atoms with Crippen molar-refractivity contribution >= 4 is 11.6 Å². The van der Waals surface area contributed by atoms with Gasteiger partial charge in [-0.3, -0.25) is 0 Å². The third kappa shape index (κ3) is 4.45.